The van der Waals surface area contributed by atoms with Gasteiger partial charge in [-0.25, -0.2) is 10.3 Å². The lowest BCUT2D eigenvalue weighted by Gasteiger charge is -2.38. The highest BCUT2D eigenvalue weighted by Gasteiger charge is 2.41. The second-order valence-corrected chi connectivity index (χ2v) is 8.47. The molecule has 1 fully saturated rings. The first-order valence-electron chi connectivity index (χ1n) is 11.9. The maximum Gasteiger partial charge on any atom is 0.408 e. The first-order chi connectivity index (χ1) is 17.5. The van der Waals surface area contributed by atoms with E-state index in [1.54, 1.807) is 29.7 Å². The number of likely N-dealkylation sites (tertiary alicyclic amines) is 1. The molecule has 3 N–H and O–H groups in total. The second kappa shape index (κ2) is 13.5. The summed E-state index contributed by atoms with van der Waals surface area (Å²) in [7, 11) is 2.98. The number of hydroxylamine groups is 1. The van der Waals surface area contributed by atoms with E-state index in [4.69, 9.17) is 14.2 Å². The Kier molecular flexibility index (Phi) is 10.1. The lowest BCUT2D eigenvalue weighted by molar-refractivity contribution is -0.152. The third kappa shape index (κ3) is 6.96. The van der Waals surface area contributed by atoms with Crippen LogP contribution >= 0.6 is 0 Å². The van der Waals surface area contributed by atoms with Gasteiger partial charge in [0.15, 0.2) is 6.23 Å². The minimum atomic E-state index is -1.05. The first-order valence-corrected chi connectivity index (χ1v) is 11.9. The summed E-state index contributed by atoms with van der Waals surface area (Å²) in [4.78, 5) is 40.3. The number of rotatable bonds is 10. The highest BCUT2D eigenvalue weighted by atomic mass is 16.6. The Bertz CT molecular complexity index is 1000. The van der Waals surface area contributed by atoms with Crippen molar-refractivity contribution in [2.75, 3.05) is 27.3 Å². The van der Waals surface area contributed by atoms with Gasteiger partial charge in [0.05, 0.1) is 32.2 Å². The van der Waals surface area contributed by atoms with E-state index >= 15 is 0 Å². The number of piperidine rings is 1. The number of hydrogen-bond donors (Lipinski definition) is 3. The summed E-state index contributed by atoms with van der Waals surface area (Å²) in [6.45, 7) is 0.468. The Morgan fingerprint density at radius 1 is 1.08 bits per heavy atom. The number of ether oxygens (including phenoxy) is 3. The Hall–Kier alpha value is -3.63. The Morgan fingerprint density at radius 3 is 2.44 bits per heavy atom. The average Bonchev–Trinajstić information content (AvgIpc) is 2.93. The van der Waals surface area contributed by atoms with E-state index in [9.17, 15) is 19.6 Å². The van der Waals surface area contributed by atoms with Crippen molar-refractivity contribution in [3.8, 4) is 5.75 Å². The van der Waals surface area contributed by atoms with E-state index in [-0.39, 0.29) is 13.2 Å². The topological polar surface area (TPSA) is 126 Å². The van der Waals surface area contributed by atoms with Crippen molar-refractivity contribution in [3.63, 3.8) is 0 Å². The molecule has 0 saturated carbocycles. The minimum absolute atomic E-state index is 0.126. The number of carbonyl (C=O) groups excluding carboxylic acids is 3. The van der Waals surface area contributed by atoms with E-state index in [1.165, 1.54) is 19.1 Å². The number of alkyl carbamates (subject to hydrolysis) is 1. The van der Waals surface area contributed by atoms with Crippen LogP contribution in [0, 0.1) is 5.92 Å². The lowest BCUT2D eigenvalue weighted by Crippen LogP contribution is -2.51. The number of nitrogens with one attached hydrogen (secondary N) is 2. The third-order valence-corrected chi connectivity index (χ3v) is 6.18. The van der Waals surface area contributed by atoms with Crippen LogP contribution in [0.15, 0.2) is 54.6 Å². The van der Waals surface area contributed by atoms with Crippen LogP contribution in [-0.2, 0) is 25.7 Å². The molecule has 0 radical (unpaired) electrons. The van der Waals surface area contributed by atoms with Gasteiger partial charge in [-0.3, -0.25) is 14.8 Å². The normalized spacial score (nSPS) is 17.0. The summed E-state index contributed by atoms with van der Waals surface area (Å²) in [6.07, 6.45) is 0.595. The standard InChI is InChI=1S/C26H33N3O7/c1-27-26(32)36-22-10-6-7-15-29(22)25(31)23(19-11-13-20(34-2)14-12-19)21(24(30)28-33)17-35-16-18-8-4-3-5-9-18/h3-5,8-9,11-14,21-23,33H,6-7,10,15-17H2,1-2H3,(H,27,32)(H,28,30)/t21-,22-,23+/m0/s1. The zero-order chi connectivity index (χ0) is 25.9. The maximum atomic E-state index is 14.0. The molecule has 2 aromatic rings. The Labute approximate surface area is 210 Å². The van der Waals surface area contributed by atoms with Gasteiger partial charge in [0.2, 0.25) is 11.8 Å². The molecule has 36 heavy (non-hydrogen) atoms. The molecule has 1 aliphatic rings. The van der Waals surface area contributed by atoms with Gasteiger partial charge in [0.25, 0.3) is 0 Å². The Morgan fingerprint density at radius 2 is 1.81 bits per heavy atom. The number of nitrogens with zero attached hydrogens (tertiary/aromatic N) is 1. The fourth-order valence-electron chi connectivity index (χ4n) is 4.28. The van der Waals surface area contributed by atoms with Crippen LogP contribution in [0.25, 0.3) is 0 Å². The van der Waals surface area contributed by atoms with Gasteiger partial charge < -0.3 is 24.4 Å². The second-order valence-electron chi connectivity index (χ2n) is 8.47. The number of hydrogen-bond acceptors (Lipinski definition) is 7. The summed E-state index contributed by atoms with van der Waals surface area (Å²) < 4.78 is 16.5. The van der Waals surface area contributed by atoms with Crippen molar-refractivity contribution in [2.45, 2.75) is 38.0 Å². The predicted molar refractivity (Wildman–Crippen MR) is 130 cm³/mol. The van der Waals surface area contributed by atoms with Gasteiger partial charge in [0, 0.05) is 20.0 Å². The largest absolute Gasteiger partial charge is 0.497 e. The van der Waals surface area contributed by atoms with E-state index in [1.807, 2.05) is 30.3 Å². The number of methoxy groups -OCH3 is 1. The van der Waals surface area contributed by atoms with Crippen LogP contribution in [-0.4, -0.2) is 61.6 Å². The fourth-order valence-corrected chi connectivity index (χ4v) is 4.28. The van der Waals surface area contributed by atoms with Gasteiger partial charge in [0.1, 0.15) is 5.75 Å². The van der Waals surface area contributed by atoms with Crippen LogP contribution in [0.3, 0.4) is 0 Å². The van der Waals surface area contributed by atoms with Crippen LogP contribution < -0.4 is 15.5 Å². The molecular weight excluding hydrogens is 466 g/mol. The fraction of sp³-hybridized carbons (Fsp3) is 0.423. The Balaban J connectivity index is 1.92. The van der Waals surface area contributed by atoms with Gasteiger partial charge in [-0.15, -0.1) is 0 Å². The maximum absolute atomic E-state index is 14.0. The van der Waals surface area contributed by atoms with E-state index in [2.05, 4.69) is 5.32 Å². The zero-order valence-electron chi connectivity index (χ0n) is 20.5. The SMILES string of the molecule is CNC(=O)O[C@H]1CCCCN1C(=O)[C@H](c1ccc(OC)cc1)[C@H](COCc1ccccc1)C(=O)NO. The molecule has 0 bridgehead atoms. The van der Waals surface area contributed by atoms with Gasteiger partial charge >= 0.3 is 6.09 Å². The summed E-state index contributed by atoms with van der Waals surface area (Å²) in [5.41, 5.74) is 3.14. The minimum Gasteiger partial charge on any atom is -0.497 e. The highest BCUT2D eigenvalue weighted by molar-refractivity contribution is 5.91. The molecule has 3 rings (SSSR count). The summed E-state index contributed by atoms with van der Waals surface area (Å²) >= 11 is 0. The van der Waals surface area contributed by atoms with Crippen molar-refractivity contribution in [2.24, 2.45) is 5.92 Å². The average molecular weight is 500 g/mol. The summed E-state index contributed by atoms with van der Waals surface area (Å²) in [5, 5.41) is 11.9. The van der Waals surface area contributed by atoms with Gasteiger partial charge in [-0.05, 0) is 36.1 Å². The third-order valence-electron chi connectivity index (χ3n) is 6.18. The molecule has 1 heterocycles. The van der Waals surface area contributed by atoms with Crippen molar-refractivity contribution in [1.82, 2.24) is 15.7 Å². The summed E-state index contributed by atoms with van der Waals surface area (Å²) in [6, 6.07) is 16.2. The number of benzene rings is 2. The first kappa shape index (κ1) is 27.0. The van der Waals surface area contributed by atoms with Crippen molar-refractivity contribution in [1.29, 1.82) is 0 Å². The number of amides is 3. The van der Waals surface area contributed by atoms with Crippen molar-refractivity contribution in [3.05, 3.63) is 65.7 Å². The molecular formula is C26H33N3O7. The van der Waals surface area contributed by atoms with E-state index in [0.717, 1.165) is 18.4 Å². The van der Waals surface area contributed by atoms with Crippen molar-refractivity contribution < 1.29 is 33.8 Å². The molecule has 0 aliphatic carbocycles. The molecule has 10 heteroatoms. The molecule has 3 atom stereocenters. The van der Waals surface area contributed by atoms with Gasteiger partial charge in [-0.2, -0.15) is 0 Å². The van der Waals surface area contributed by atoms with E-state index in [0.29, 0.717) is 24.3 Å². The molecule has 0 aromatic heterocycles. The van der Waals surface area contributed by atoms with Gasteiger partial charge in [-0.1, -0.05) is 42.5 Å². The number of carbonyl (C=O) groups is 3. The smallest absolute Gasteiger partial charge is 0.408 e. The summed E-state index contributed by atoms with van der Waals surface area (Å²) in [5.74, 6) is -2.62. The van der Waals surface area contributed by atoms with Crippen molar-refractivity contribution >= 4 is 17.9 Å². The molecule has 2 aromatic carbocycles. The van der Waals surface area contributed by atoms with Crippen LogP contribution in [0.2, 0.25) is 0 Å². The van der Waals surface area contributed by atoms with Crippen LogP contribution in [0.4, 0.5) is 4.79 Å². The van der Waals surface area contributed by atoms with Crippen LogP contribution in [0.1, 0.15) is 36.3 Å². The predicted octanol–water partition coefficient (Wildman–Crippen LogP) is 2.81. The molecule has 3 amide bonds. The zero-order valence-corrected chi connectivity index (χ0v) is 20.5. The molecule has 0 spiro atoms. The van der Waals surface area contributed by atoms with E-state index < -0.39 is 36.0 Å². The lowest BCUT2D eigenvalue weighted by atomic mass is 9.84. The van der Waals surface area contributed by atoms with Crippen LogP contribution in [0.5, 0.6) is 5.75 Å². The molecule has 1 saturated heterocycles. The molecule has 1 aliphatic heterocycles. The highest BCUT2D eigenvalue weighted by Crippen LogP contribution is 2.32. The molecule has 10 nitrogen and oxygen atoms in total. The molecule has 194 valence electrons. The quantitative estimate of drug-likeness (QED) is 0.339. The molecule has 0 unspecified atom stereocenters. The monoisotopic (exact) mass is 499 g/mol.